The monoisotopic (exact) mass is 234 g/mol. The van der Waals surface area contributed by atoms with Gasteiger partial charge in [0.15, 0.2) is 5.82 Å². The van der Waals surface area contributed by atoms with Crippen molar-refractivity contribution in [2.75, 3.05) is 6.54 Å². The minimum absolute atomic E-state index is 0.192. The molecular weight excluding hydrogens is 212 g/mol. The molecule has 1 fully saturated rings. The van der Waals surface area contributed by atoms with Crippen molar-refractivity contribution in [1.82, 2.24) is 20.1 Å². The minimum Gasteiger partial charge on any atom is -0.312 e. The molecule has 2 aliphatic rings. The van der Waals surface area contributed by atoms with Crippen LogP contribution < -0.4 is 5.32 Å². The number of aromatic nitrogens is 3. The summed E-state index contributed by atoms with van der Waals surface area (Å²) in [5.41, 5.74) is 0.192. The zero-order chi connectivity index (χ0) is 12.2. The highest BCUT2D eigenvalue weighted by atomic mass is 15.3. The Hall–Kier alpha value is -0.900. The lowest BCUT2D eigenvalue weighted by Gasteiger charge is -2.34. The fraction of sp³-hybridized carbons (Fsp3) is 0.846. The Morgan fingerprint density at radius 3 is 2.47 bits per heavy atom. The summed E-state index contributed by atoms with van der Waals surface area (Å²) in [7, 11) is 0. The quantitative estimate of drug-likeness (QED) is 0.809. The van der Waals surface area contributed by atoms with Gasteiger partial charge in [0.05, 0.1) is 6.04 Å². The van der Waals surface area contributed by atoms with Crippen LogP contribution in [0.3, 0.4) is 0 Å². The fourth-order valence-corrected chi connectivity index (χ4v) is 2.83. The SMILES string of the molecule is CC1CC1c1nnc2n1CCNC2C(C)(C)C. The molecule has 1 aliphatic carbocycles. The Kier molecular flexibility index (Phi) is 2.34. The van der Waals surface area contributed by atoms with Gasteiger partial charge in [-0.3, -0.25) is 0 Å². The summed E-state index contributed by atoms with van der Waals surface area (Å²) >= 11 is 0. The predicted molar refractivity (Wildman–Crippen MR) is 66.7 cm³/mol. The predicted octanol–water partition coefficient (Wildman–Crippen LogP) is 2.09. The molecule has 0 aromatic carbocycles. The summed E-state index contributed by atoms with van der Waals surface area (Å²) in [4.78, 5) is 0. The number of hydrogen-bond donors (Lipinski definition) is 1. The van der Waals surface area contributed by atoms with E-state index in [-0.39, 0.29) is 5.41 Å². The first kappa shape index (κ1) is 11.2. The summed E-state index contributed by atoms with van der Waals surface area (Å²) in [6, 6.07) is 0.326. The normalized spacial score (nSPS) is 32.4. The van der Waals surface area contributed by atoms with Gasteiger partial charge in [-0.1, -0.05) is 27.7 Å². The first-order chi connectivity index (χ1) is 7.98. The van der Waals surface area contributed by atoms with Crippen molar-refractivity contribution < 1.29 is 0 Å². The lowest BCUT2D eigenvalue weighted by atomic mass is 9.85. The van der Waals surface area contributed by atoms with Crippen LogP contribution in [0.15, 0.2) is 0 Å². The van der Waals surface area contributed by atoms with E-state index in [1.54, 1.807) is 0 Å². The molecule has 94 valence electrons. The van der Waals surface area contributed by atoms with Crippen LogP contribution >= 0.6 is 0 Å². The largest absolute Gasteiger partial charge is 0.312 e. The molecule has 3 unspecified atom stereocenters. The van der Waals surface area contributed by atoms with Gasteiger partial charge >= 0.3 is 0 Å². The Balaban J connectivity index is 1.97. The number of nitrogens with zero attached hydrogens (tertiary/aromatic N) is 3. The highest BCUT2D eigenvalue weighted by Gasteiger charge is 2.41. The van der Waals surface area contributed by atoms with E-state index in [0.29, 0.717) is 12.0 Å². The molecule has 1 N–H and O–H groups in total. The first-order valence-electron chi connectivity index (χ1n) is 6.65. The Labute approximate surface area is 103 Å². The number of fused-ring (bicyclic) bond motifs is 1. The van der Waals surface area contributed by atoms with E-state index in [1.165, 1.54) is 12.2 Å². The van der Waals surface area contributed by atoms with Crippen molar-refractivity contribution in [2.45, 2.75) is 52.6 Å². The topological polar surface area (TPSA) is 42.7 Å². The average Bonchev–Trinajstić information content (AvgIpc) is 2.82. The summed E-state index contributed by atoms with van der Waals surface area (Å²) in [6.07, 6.45) is 1.28. The number of hydrogen-bond acceptors (Lipinski definition) is 3. The van der Waals surface area contributed by atoms with Gasteiger partial charge < -0.3 is 9.88 Å². The van der Waals surface area contributed by atoms with Gasteiger partial charge in [-0.2, -0.15) is 0 Å². The molecular formula is C13H22N4. The van der Waals surface area contributed by atoms with Gasteiger partial charge in [0, 0.05) is 19.0 Å². The van der Waals surface area contributed by atoms with Crippen LogP contribution in [0.1, 0.15) is 57.7 Å². The Morgan fingerprint density at radius 1 is 1.24 bits per heavy atom. The first-order valence-corrected chi connectivity index (χ1v) is 6.65. The average molecular weight is 234 g/mol. The summed E-state index contributed by atoms with van der Waals surface area (Å²) in [6.45, 7) is 11.1. The third kappa shape index (κ3) is 1.79. The zero-order valence-electron chi connectivity index (χ0n) is 11.2. The summed E-state index contributed by atoms with van der Waals surface area (Å²) < 4.78 is 2.36. The van der Waals surface area contributed by atoms with Crippen molar-refractivity contribution in [1.29, 1.82) is 0 Å². The van der Waals surface area contributed by atoms with Crippen LogP contribution in [0, 0.1) is 11.3 Å². The molecule has 0 radical (unpaired) electrons. The maximum atomic E-state index is 4.45. The maximum absolute atomic E-state index is 4.45. The van der Waals surface area contributed by atoms with Crippen molar-refractivity contribution in [3.8, 4) is 0 Å². The van der Waals surface area contributed by atoms with E-state index in [1.807, 2.05) is 0 Å². The molecule has 0 bridgehead atoms. The summed E-state index contributed by atoms with van der Waals surface area (Å²) in [5.74, 6) is 3.82. The molecule has 3 rings (SSSR count). The zero-order valence-corrected chi connectivity index (χ0v) is 11.2. The molecule has 0 saturated heterocycles. The van der Waals surface area contributed by atoms with E-state index in [9.17, 15) is 0 Å². The maximum Gasteiger partial charge on any atom is 0.150 e. The van der Waals surface area contributed by atoms with Gasteiger partial charge in [-0.05, 0) is 17.8 Å². The van der Waals surface area contributed by atoms with E-state index in [2.05, 4.69) is 47.8 Å². The lowest BCUT2D eigenvalue weighted by molar-refractivity contribution is 0.232. The van der Waals surface area contributed by atoms with E-state index in [4.69, 9.17) is 0 Å². The van der Waals surface area contributed by atoms with Crippen molar-refractivity contribution in [3.05, 3.63) is 11.6 Å². The molecule has 3 atom stereocenters. The molecule has 1 saturated carbocycles. The van der Waals surface area contributed by atoms with Crippen molar-refractivity contribution >= 4 is 0 Å². The minimum atomic E-state index is 0.192. The van der Waals surface area contributed by atoms with Gasteiger partial charge in [-0.15, -0.1) is 10.2 Å². The molecule has 4 heteroatoms. The molecule has 0 amide bonds. The second-order valence-electron chi connectivity index (χ2n) is 6.64. The van der Waals surface area contributed by atoms with Gasteiger partial charge in [0.1, 0.15) is 5.82 Å². The highest BCUT2D eigenvalue weighted by molar-refractivity contribution is 5.15. The fourth-order valence-electron chi connectivity index (χ4n) is 2.83. The molecule has 1 aromatic rings. The van der Waals surface area contributed by atoms with Gasteiger partial charge in [0.2, 0.25) is 0 Å². The van der Waals surface area contributed by atoms with Gasteiger partial charge in [0.25, 0.3) is 0 Å². The third-order valence-electron chi connectivity index (χ3n) is 4.06. The molecule has 1 aliphatic heterocycles. The summed E-state index contributed by atoms with van der Waals surface area (Å²) in [5, 5.41) is 12.5. The second kappa shape index (κ2) is 3.55. The number of rotatable bonds is 1. The molecule has 4 nitrogen and oxygen atoms in total. The van der Waals surface area contributed by atoms with Crippen LogP contribution in [-0.4, -0.2) is 21.3 Å². The van der Waals surface area contributed by atoms with Crippen LogP contribution in [0.4, 0.5) is 0 Å². The van der Waals surface area contributed by atoms with Gasteiger partial charge in [-0.25, -0.2) is 0 Å². The smallest absolute Gasteiger partial charge is 0.150 e. The van der Waals surface area contributed by atoms with E-state index < -0.39 is 0 Å². The molecule has 1 aromatic heterocycles. The lowest BCUT2D eigenvalue weighted by Crippen LogP contribution is -2.41. The van der Waals surface area contributed by atoms with Crippen LogP contribution in [0.2, 0.25) is 0 Å². The standard InChI is InChI=1S/C13H22N4/c1-8-7-9(8)11-15-16-12-10(13(2,3)4)14-5-6-17(11)12/h8-10,14H,5-7H2,1-4H3. The van der Waals surface area contributed by atoms with Crippen LogP contribution in [0.25, 0.3) is 0 Å². The Bertz CT molecular complexity index is 429. The van der Waals surface area contributed by atoms with E-state index >= 15 is 0 Å². The van der Waals surface area contributed by atoms with Crippen molar-refractivity contribution in [3.63, 3.8) is 0 Å². The molecule has 17 heavy (non-hydrogen) atoms. The van der Waals surface area contributed by atoms with Crippen LogP contribution in [0.5, 0.6) is 0 Å². The molecule has 0 spiro atoms. The van der Waals surface area contributed by atoms with E-state index in [0.717, 1.165) is 24.8 Å². The third-order valence-corrected chi connectivity index (χ3v) is 4.06. The number of nitrogens with one attached hydrogen (secondary N) is 1. The van der Waals surface area contributed by atoms with Crippen LogP contribution in [-0.2, 0) is 6.54 Å². The molecule has 2 heterocycles. The van der Waals surface area contributed by atoms with Crippen molar-refractivity contribution in [2.24, 2.45) is 11.3 Å². The Morgan fingerprint density at radius 2 is 1.88 bits per heavy atom. The second-order valence-corrected chi connectivity index (χ2v) is 6.64. The highest BCUT2D eigenvalue weighted by Crippen LogP contribution is 2.47.